The van der Waals surface area contributed by atoms with Gasteiger partial charge in [-0.3, -0.25) is 0 Å². The lowest BCUT2D eigenvalue weighted by Crippen LogP contribution is -2.20. The van der Waals surface area contributed by atoms with Crippen molar-refractivity contribution >= 4 is 19.0 Å². The van der Waals surface area contributed by atoms with E-state index in [0.717, 1.165) is 0 Å². The Hall–Kier alpha value is 0.394. The molecule has 0 unspecified atom stereocenters. The zero-order valence-electron chi connectivity index (χ0n) is 8.16. The highest BCUT2D eigenvalue weighted by molar-refractivity contribution is 6.87. The van der Waals surface area contributed by atoms with E-state index in [4.69, 9.17) is 0 Å². The molecular formula is C8H23NSi2. The fourth-order valence-electron chi connectivity index (χ4n) is 1.21. The van der Waals surface area contributed by atoms with Crippen molar-refractivity contribution in [3.05, 3.63) is 0 Å². The Bertz CT molecular complexity index is 61.1. The van der Waals surface area contributed by atoms with Crippen molar-refractivity contribution in [2.45, 2.75) is 45.4 Å². The largest absolute Gasteiger partial charge is 0.345 e. The first-order chi connectivity index (χ1) is 5.41. The smallest absolute Gasteiger partial charge is 0.0721 e. The van der Waals surface area contributed by atoms with Gasteiger partial charge < -0.3 is 4.98 Å². The lowest BCUT2D eigenvalue weighted by molar-refractivity contribution is 0.605. The summed E-state index contributed by atoms with van der Waals surface area (Å²) in [5.41, 5.74) is 0. The second-order valence-electron chi connectivity index (χ2n) is 3.12. The molecule has 0 aliphatic carbocycles. The summed E-state index contributed by atoms with van der Waals surface area (Å²) in [5.74, 6) is 0. The summed E-state index contributed by atoms with van der Waals surface area (Å²) < 4.78 is 0. The van der Waals surface area contributed by atoms with Crippen LogP contribution in [0, 0.1) is 0 Å². The first kappa shape index (κ1) is 11.4. The number of hydrogen-bond donors (Lipinski definition) is 1. The third-order valence-corrected chi connectivity index (χ3v) is 4.31. The minimum absolute atomic E-state index is 0.259. The first-order valence-electron chi connectivity index (χ1n) is 5.12. The molecule has 0 amide bonds. The van der Waals surface area contributed by atoms with Crippen LogP contribution in [0.2, 0.25) is 0 Å². The molecule has 0 rings (SSSR count). The van der Waals surface area contributed by atoms with E-state index in [0.29, 0.717) is 0 Å². The second-order valence-corrected chi connectivity index (χ2v) is 6.45. The van der Waals surface area contributed by atoms with Crippen LogP contribution < -0.4 is 4.98 Å². The molecular weight excluding hydrogens is 166 g/mol. The van der Waals surface area contributed by atoms with Crippen LogP contribution in [0.15, 0.2) is 0 Å². The quantitative estimate of drug-likeness (QED) is 0.428. The standard InChI is InChI=1S/C8H23NSi2/c1-2-3-4-5-6-7-8-9-11-10/h9H,2-8,11H2,1,10H3. The average molecular weight is 189 g/mol. The van der Waals surface area contributed by atoms with Gasteiger partial charge >= 0.3 is 0 Å². The van der Waals surface area contributed by atoms with E-state index in [1.165, 1.54) is 54.8 Å². The van der Waals surface area contributed by atoms with Gasteiger partial charge in [-0.15, -0.1) is 0 Å². The summed E-state index contributed by atoms with van der Waals surface area (Å²) >= 11 is 0. The number of rotatable bonds is 8. The normalized spacial score (nSPS) is 11.7. The average Bonchev–Trinajstić information content (AvgIpc) is 2.03. The monoisotopic (exact) mass is 189 g/mol. The van der Waals surface area contributed by atoms with Gasteiger partial charge in [0.1, 0.15) is 0 Å². The van der Waals surface area contributed by atoms with E-state index in [-0.39, 0.29) is 9.20 Å². The molecule has 0 atom stereocenters. The molecule has 0 saturated carbocycles. The Balaban J connectivity index is 2.69. The van der Waals surface area contributed by atoms with Crippen molar-refractivity contribution in [1.29, 1.82) is 0 Å². The van der Waals surface area contributed by atoms with Crippen molar-refractivity contribution in [2.75, 3.05) is 6.54 Å². The molecule has 0 bridgehead atoms. The van der Waals surface area contributed by atoms with E-state index in [1.807, 2.05) is 0 Å². The topological polar surface area (TPSA) is 12.0 Å². The molecule has 11 heavy (non-hydrogen) atoms. The second kappa shape index (κ2) is 10.4. The van der Waals surface area contributed by atoms with Gasteiger partial charge in [-0.1, -0.05) is 39.0 Å². The van der Waals surface area contributed by atoms with Crippen molar-refractivity contribution in [3.63, 3.8) is 0 Å². The Morgan fingerprint density at radius 3 is 2.36 bits per heavy atom. The molecule has 0 aromatic rings. The van der Waals surface area contributed by atoms with Crippen LogP contribution >= 0.6 is 0 Å². The van der Waals surface area contributed by atoms with Crippen LogP contribution in [-0.4, -0.2) is 25.5 Å². The lowest BCUT2D eigenvalue weighted by atomic mass is 10.1. The van der Waals surface area contributed by atoms with Crippen LogP contribution in [-0.2, 0) is 0 Å². The summed E-state index contributed by atoms with van der Waals surface area (Å²) in [7, 11) is 1.70. The molecule has 0 heterocycles. The first-order valence-corrected chi connectivity index (χ1v) is 11.5. The minimum atomic E-state index is 0.259. The Morgan fingerprint density at radius 2 is 1.73 bits per heavy atom. The third kappa shape index (κ3) is 10.4. The molecule has 0 radical (unpaired) electrons. The van der Waals surface area contributed by atoms with Crippen molar-refractivity contribution < 1.29 is 0 Å². The van der Waals surface area contributed by atoms with Gasteiger partial charge in [0.05, 0.1) is 9.20 Å². The van der Waals surface area contributed by atoms with E-state index in [1.54, 1.807) is 0 Å². The predicted octanol–water partition coefficient (Wildman–Crippen LogP) is 0.301. The fourth-order valence-corrected chi connectivity index (χ4v) is 2.87. The highest BCUT2D eigenvalue weighted by Crippen LogP contribution is 2.03. The van der Waals surface area contributed by atoms with E-state index >= 15 is 0 Å². The van der Waals surface area contributed by atoms with Crippen molar-refractivity contribution in [2.24, 2.45) is 0 Å². The molecule has 0 fully saturated rings. The summed E-state index contributed by atoms with van der Waals surface area (Å²) in [6.07, 6.45) is 8.57. The molecule has 1 N–H and O–H groups in total. The number of unbranched alkanes of at least 4 members (excludes halogenated alkanes) is 5. The Labute approximate surface area is 76.5 Å². The van der Waals surface area contributed by atoms with Crippen LogP contribution in [0.5, 0.6) is 0 Å². The molecule has 0 spiro atoms. The maximum Gasteiger partial charge on any atom is 0.0721 e. The van der Waals surface area contributed by atoms with Crippen molar-refractivity contribution in [3.8, 4) is 0 Å². The summed E-state index contributed by atoms with van der Waals surface area (Å²) in [5, 5.41) is 0. The molecule has 0 saturated heterocycles. The maximum absolute atomic E-state index is 3.54. The van der Waals surface area contributed by atoms with E-state index < -0.39 is 0 Å². The van der Waals surface area contributed by atoms with Gasteiger partial charge in [0, 0.05) is 9.76 Å². The molecule has 0 aromatic carbocycles. The Kier molecular flexibility index (Phi) is 10.8. The van der Waals surface area contributed by atoms with Crippen LogP contribution in [0.1, 0.15) is 45.4 Å². The van der Waals surface area contributed by atoms with Gasteiger partial charge in [-0.2, -0.15) is 0 Å². The van der Waals surface area contributed by atoms with Crippen LogP contribution in [0.25, 0.3) is 0 Å². The highest BCUT2D eigenvalue weighted by atomic mass is 29.1. The summed E-state index contributed by atoms with van der Waals surface area (Å²) in [6.45, 7) is 3.58. The van der Waals surface area contributed by atoms with Gasteiger partial charge in [0.2, 0.25) is 0 Å². The summed E-state index contributed by atoms with van der Waals surface area (Å²) in [4.78, 5) is 3.54. The van der Waals surface area contributed by atoms with E-state index in [2.05, 4.69) is 11.9 Å². The summed E-state index contributed by atoms with van der Waals surface area (Å²) in [6, 6.07) is 0. The van der Waals surface area contributed by atoms with Gasteiger partial charge in [-0.25, -0.2) is 0 Å². The van der Waals surface area contributed by atoms with Gasteiger partial charge in [0.25, 0.3) is 0 Å². The SMILES string of the molecule is CCCCCCCCN[SiH2][SiH3]. The van der Waals surface area contributed by atoms with Crippen molar-refractivity contribution in [1.82, 2.24) is 4.98 Å². The molecule has 3 heteroatoms. The third-order valence-electron chi connectivity index (χ3n) is 1.96. The van der Waals surface area contributed by atoms with E-state index in [9.17, 15) is 0 Å². The molecule has 0 aliphatic heterocycles. The molecule has 1 nitrogen and oxygen atoms in total. The van der Waals surface area contributed by atoms with Gasteiger partial charge in [0.15, 0.2) is 0 Å². The lowest BCUT2D eigenvalue weighted by Gasteiger charge is -2.00. The van der Waals surface area contributed by atoms with Crippen LogP contribution in [0.3, 0.4) is 0 Å². The van der Waals surface area contributed by atoms with Crippen LogP contribution in [0.4, 0.5) is 0 Å². The minimum Gasteiger partial charge on any atom is -0.345 e. The zero-order valence-corrected chi connectivity index (χ0v) is 11.6. The molecule has 0 aliphatic rings. The number of hydrogen-bond acceptors (Lipinski definition) is 1. The number of nitrogens with one attached hydrogen (secondary N) is 1. The molecule has 68 valence electrons. The highest BCUT2D eigenvalue weighted by Gasteiger charge is 1.88. The predicted molar refractivity (Wildman–Crippen MR) is 59.9 cm³/mol. The maximum atomic E-state index is 3.54. The molecule has 0 aromatic heterocycles. The zero-order chi connectivity index (χ0) is 8.36. The fraction of sp³-hybridized carbons (Fsp3) is 1.00. The van der Waals surface area contributed by atoms with Gasteiger partial charge in [-0.05, 0) is 13.0 Å². The Morgan fingerprint density at radius 1 is 1.09 bits per heavy atom.